The van der Waals surface area contributed by atoms with Gasteiger partial charge in [0.25, 0.3) is 0 Å². The standard InChI is InChI=1S/C20H31N5O/c1-16(2)19-14-17(22-23-19)15-21-18-6-4-5-7-20(18)26-13-12-25-10-8-24(3)9-11-25/h4-7,14,16,21H,8-13,15H2,1-3H3,(H,22,23). The Morgan fingerprint density at radius 2 is 1.96 bits per heavy atom. The molecule has 0 atom stereocenters. The van der Waals surface area contributed by atoms with E-state index in [1.807, 2.05) is 18.2 Å². The molecular formula is C20H31N5O. The smallest absolute Gasteiger partial charge is 0.142 e. The van der Waals surface area contributed by atoms with Crippen LogP contribution in [0.3, 0.4) is 0 Å². The number of nitrogens with zero attached hydrogens (tertiary/aromatic N) is 3. The van der Waals surface area contributed by atoms with E-state index >= 15 is 0 Å². The number of piperazine rings is 1. The normalized spacial score (nSPS) is 16.2. The van der Waals surface area contributed by atoms with Gasteiger partial charge in [0.1, 0.15) is 12.4 Å². The van der Waals surface area contributed by atoms with E-state index < -0.39 is 0 Å². The average Bonchev–Trinajstić information content (AvgIpc) is 3.12. The highest BCUT2D eigenvalue weighted by atomic mass is 16.5. The number of hydrogen-bond donors (Lipinski definition) is 2. The van der Waals surface area contributed by atoms with Crippen LogP contribution in [0.5, 0.6) is 5.75 Å². The second-order valence-corrected chi connectivity index (χ2v) is 7.32. The van der Waals surface area contributed by atoms with E-state index in [1.54, 1.807) is 0 Å². The number of nitrogens with one attached hydrogen (secondary N) is 2. The molecule has 0 amide bonds. The van der Waals surface area contributed by atoms with Crippen molar-refractivity contribution in [3.05, 3.63) is 41.7 Å². The number of para-hydroxylation sites is 2. The number of anilines is 1. The van der Waals surface area contributed by atoms with Crippen molar-refractivity contribution in [3.8, 4) is 5.75 Å². The summed E-state index contributed by atoms with van der Waals surface area (Å²) in [6.07, 6.45) is 0. The third-order valence-electron chi connectivity index (χ3n) is 4.86. The molecule has 1 aliphatic rings. The Kier molecular flexibility index (Phi) is 6.52. The quantitative estimate of drug-likeness (QED) is 0.761. The van der Waals surface area contributed by atoms with Crippen molar-refractivity contribution in [2.45, 2.75) is 26.3 Å². The second kappa shape index (κ2) is 9.05. The van der Waals surface area contributed by atoms with Gasteiger partial charge in [-0.3, -0.25) is 10.00 Å². The van der Waals surface area contributed by atoms with E-state index in [4.69, 9.17) is 4.74 Å². The first-order valence-corrected chi connectivity index (χ1v) is 9.52. The molecular weight excluding hydrogens is 326 g/mol. The summed E-state index contributed by atoms with van der Waals surface area (Å²) in [6, 6.07) is 10.3. The molecule has 142 valence electrons. The van der Waals surface area contributed by atoms with Gasteiger partial charge in [0.15, 0.2) is 0 Å². The lowest BCUT2D eigenvalue weighted by atomic mass is 10.1. The first-order valence-electron chi connectivity index (χ1n) is 9.52. The maximum absolute atomic E-state index is 6.05. The van der Waals surface area contributed by atoms with Gasteiger partial charge >= 0.3 is 0 Å². The maximum atomic E-state index is 6.05. The lowest BCUT2D eigenvalue weighted by Crippen LogP contribution is -2.45. The number of benzene rings is 1. The zero-order chi connectivity index (χ0) is 18.4. The molecule has 0 saturated carbocycles. The molecule has 2 heterocycles. The highest BCUT2D eigenvalue weighted by Gasteiger charge is 2.13. The maximum Gasteiger partial charge on any atom is 0.142 e. The van der Waals surface area contributed by atoms with Gasteiger partial charge in [-0.15, -0.1) is 0 Å². The van der Waals surface area contributed by atoms with Crippen molar-refractivity contribution in [1.29, 1.82) is 0 Å². The van der Waals surface area contributed by atoms with Crippen LogP contribution in [0.25, 0.3) is 0 Å². The van der Waals surface area contributed by atoms with Crippen LogP contribution in [0, 0.1) is 0 Å². The molecule has 2 aromatic rings. The van der Waals surface area contributed by atoms with Gasteiger partial charge in [-0.25, -0.2) is 0 Å². The minimum absolute atomic E-state index is 0.435. The summed E-state index contributed by atoms with van der Waals surface area (Å²) in [5, 5.41) is 10.9. The fourth-order valence-corrected chi connectivity index (χ4v) is 3.05. The molecule has 0 unspecified atom stereocenters. The van der Waals surface area contributed by atoms with E-state index in [0.29, 0.717) is 19.1 Å². The van der Waals surface area contributed by atoms with Crippen LogP contribution in [0.2, 0.25) is 0 Å². The van der Waals surface area contributed by atoms with Crippen LogP contribution in [-0.2, 0) is 6.54 Å². The molecule has 26 heavy (non-hydrogen) atoms. The highest BCUT2D eigenvalue weighted by Crippen LogP contribution is 2.24. The van der Waals surface area contributed by atoms with Crippen molar-refractivity contribution in [2.24, 2.45) is 0 Å². The SMILES string of the molecule is CC(C)c1cc(CNc2ccccc2OCCN2CCN(C)CC2)[nH]n1. The van der Waals surface area contributed by atoms with Gasteiger partial charge in [-0.05, 0) is 31.2 Å². The molecule has 0 aliphatic carbocycles. The molecule has 1 aliphatic heterocycles. The predicted molar refractivity (Wildman–Crippen MR) is 106 cm³/mol. The molecule has 1 fully saturated rings. The molecule has 6 heteroatoms. The summed E-state index contributed by atoms with van der Waals surface area (Å²) in [6.45, 7) is 11.2. The largest absolute Gasteiger partial charge is 0.490 e. The number of hydrogen-bond acceptors (Lipinski definition) is 5. The lowest BCUT2D eigenvalue weighted by molar-refractivity contribution is 0.134. The second-order valence-electron chi connectivity index (χ2n) is 7.32. The number of aromatic amines is 1. The van der Waals surface area contributed by atoms with E-state index in [1.165, 1.54) is 0 Å². The van der Waals surface area contributed by atoms with Gasteiger partial charge < -0.3 is 15.0 Å². The number of likely N-dealkylation sites (N-methyl/N-ethyl adjacent to an activating group) is 1. The van der Waals surface area contributed by atoms with Gasteiger partial charge in [-0.1, -0.05) is 26.0 Å². The number of H-pyrrole nitrogens is 1. The number of ether oxygens (including phenoxy) is 1. The van der Waals surface area contributed by atoms with Gasteiger partial charge in [0.2, 0.25) is 0 Å². The first kappa shape index (κ1) is 18.7. The molecule has 1 aromatic carbocycles. The molecule has 1 aromatic heterocycles. The van der Waals surface area contributed by atoms with Crippen LogP contribution in [-0.4, -0.2) is 66.4 Å². The van der Waals surface area contributed by atoms with E-state index in [-0.39, 0.29) is 0 Å². The van der Waals surface area contributed by atoms with Gasteiger partial charge in [-0.2, -0.15) is 5.10 Å². The topological polar surface area (TPSA) is 56.4 Å². The lowest BCUT2D eigenvalue weighted by Gasteiger charge is -2.32. The molecule has 0 spiro atoms. The Labute approximate surface area is 156 Å². The van der Waals surface area contributed by atoms with Crippen molar-refractivity contribution in [3.63, 3.8) is 0 Å². The van der Waals surface area contributed by atoms with Gasteiger partial charge in [0.05, 0.1) is 23.6 Å². The summed E-state index contributed by atoms with van der Waals surface area (Å²) in [5.41, 5.74) is 3.20. The fraction of sp³-hybridized carbons (Fsp3) is 0.550. The Balaban J connectivity index is 1.49. The third-order valence-corrected chi connectivity index (χ3v) is 4.86. The number of rotatable bonds is 8. The summed E-state index contributed by atoms with van der Waals surface area (Å²) in [7, 11) is 2.18. The minimum atomic E-state index is 0.435. The Bertz CT molecular complexity index is 676. The summed E-state index contributed by atoms with van der Waals surface area (Å²) in [4.78, 5) is 4.84. The van der Waals surface area contributed by atoms with Gasteiger partial charge in [0, 0.05) is 32.7 Å². The van der Waals surface area contributed by atoms with E-state index in [9.17, 15) is 0 Å². The van der Waals surface area contributed by atoms with Crippen LogP contribution < -0.4 is 10.1 Å². The molecule has 6 nitrogen and oxygen atoms in total. The minimum Gasteiger partial charge on any atom is -0.490 e. The Morgan fingerprint density at radius 3 is 2.69 bits per heavy atom. The first-order chi connectivity index (χ1) is 12.6. The number of aromatic nitrogens is 2. The van der Waals surface area contributed by atoms with Crippen LogP contribution in [0.15, 0.2) is 30.3 Å². The summed E-state index contributed by atoms with van der Waals surface area (Å²) < 4.78 is 6.05. The Morgan fingerprint density at radius 1 is 1.19 bits per heavy atom. The van der Waals surface area contributed by atoms with Crippen molar-refractivity contribution in [1.82, 2.24) is 20.0 Å². The van der Waals surface area contributed by atoms with E-state index in [0.717, 1.165) is 55.5 Å². The summed E-state index contributed by atoms with van der Waals surface area (Å²) in [5.74, 6) is 1.34. The molecule has 1 saturated heterocycles. The highest BCUT2D eigenvalue weighted by molar-refractivity contribution is 5.56. The van der Waals surface area contributed by atoms with Crippen LogP contribution in [0.4, 0.5) is 5.69 Å². The Hall–Kier alpha value is -2.05. The van der Waals surface area contributed by atoms with Crippen molar-refractivity contribution >= 4 is 5.69 Å². The average molecular weight is 358 g/mol. The molecule has 2 N–H and O–H groups in total. The third kappa shape index (κ3) is 5.22. The molecule has 3 rings (SSSR count). The predicted octanol–water partition coefficient (Wildman–Crippen LogP) is 2.77. The zero-order valence-electron chi connectivity index (χ0n) is 16.2. The van der Waals surface area contributed by atoms with Crippen molar-refractivity contribution in [2.75, 3.05) is 51.7 Å². The zero-order valence-corrected chi connectivity index (χ0v) is 16.2. The van der Waals surface area contributed by atoms with Crippen LogP contribution in [0.1, 0.15) is 31.2 Å². The fourth-order valence-electron chi connectivity index (χ4n) is 3.05. The van der Waals surface area contributed by atoms with Crippen LogP contribution >= 0.6 is 0 Å². The van der Waals surface area contributed by atoms with E-state index in [2.05, 4.69) is 58.3 Å². The molecule has 0 bridgehead atoms. The van der Waals surface area contributed by atoms with Crippen molar-refractivity contribution < 1.29 is 4.74 Å². The monoisotopic (exact) mass is 357 g/mol. The summed E-state index contributed by atoms with van der Waals surface area (Å²) >= 11 is 0. The molecule has 0 radical (unpaired) electrons.